The van der Waals surface area contributed by atoms with Gasteiger partial charge in [0.15, 0.2) is 0 Å². The number of benzene rings is 2. The van der Waals surface area contributed by atoms with E-state index >= 15 is 0 Å². The van der Waals surface area contributed by atoms with Gasteiger partial charge in [-0.1, -0.05) is 18.6 Å². The van der Waals surface area contributed by atoms with Crippen LogP contribution in [0.3, 0.4) is 0 Å². The van der Waals surface area contributed by atoms with Gasteiger partial charge in [0.1, 0.15) is 5.82 Å². The van der Waals surface area contributed by atoms with Crippen LogP contribution in [-0.4, -0.2) is 31.2 Å². The third-order valence-electron chi connectivity index (χ3n) is 4.87. The highest BCUT2D eigenvalue weighted by atomic mass is 32.2. The first-order valence-corrected chi connectivity index (χ1v) is 10.4. The first-order chi connectivity index (χ1) is 12.8. The number of anilines is 1. The molecule has 2 aromatic carbocycles. The fourth-order valence-corrected chi connectivity index (χ4v) is 4.98. The summed E-state index contributed by atoms with van der Waals surface area (Å²) in [6.07, 6.45) is 2.68. The summed E-state index contributed by atoms with van der Waals surface area (Å²) >= 11 is 0. The first-order valence-electron chi connectivity index (χ1n) is 8.98. The number of halogens is 1. The Bertz CT molecular complexity index is 959. The normalized spacial score (nSPS) is 18.3. The molecule has 0 aromatic heterocycles. The van der Waals surface area contributed by atoms with Crippen LogP contribution in [0.1, 0.15) is 42.1 Å². The van der Waals surface area contributed by atoms with Crippen LogP contribution in [0.4, 0.5) is 10.1 Å². The molecule has 1 N–H and O–H groups in total. The first kappa shape index (κ1) is 19.5. The highest BCUT2D eigenvalue weighted by Gasteiger charge is 2.31. The van der Waals surface area contributed by atoms with Gasteiger partial charge in [0.2, 0.25) is 10.0 Å². The smallest absolute Gasteiger partial charge is 0.255 e. The summed E-state index contributed by atoms with van der Waals surface area (Å²) in [6, 6.07) is 10.3. The molecule has 1 aliphatic rings. The van der Waals surface area contributed by atoms with Gasteiger partial charge >= 0.3 is 0 Å². The van der Waals surface area contributed by atoms with Gasteiger partial charge in [-0.2, -0.15) is 4.31 Å². The van der Waals surface area contributed by atoms with E-state index in [1.54, 1.807) is 31.2 Å². The molecule has 0 aliphatic carbocycles. The van der Waals surface area contributed by atoms with Gasteiger partial charge in [0.25, 0.3) is 5.91 Å². The van der Waals surface area contributed by atoms with E-state index in [1.165, 1.54) is 22.5 Å². The molecular formula is C20H23FN2O3S. The minimum Gasteiger partial charge on any atom is -0.322 e. The predicted molar refractivity (Wildman–Crippen MR) is 103 cm³/mol. The minimum absolute atomic E-state index is 0.0585. The lowest BCUT2D eigenvalue weighted by molar-refractivity contribution is 0.102. The van der Waals surface area contributed by atoms with Gasteiger partial charge < -0.3 is 5.32 Å². The van der Waals surface area contributed by atoms with Crippen molar-refractivity contribution in [2.45, 2.75) is 44.0 Å². The number of piperidine rings is 1. The predicted octanol–water partition coefficient (Wildman–Crippen LogP) is 3.95. The number of sulfonamides is 1. The van der Waals surface area contributed by atoms with Gasteiger partial charge in [-0.05, 0) is 62.6 Å². The van der Waals surface area contributed by atoms with Crippen LogP contribution < -0.4 is 5.32 Å². The van der Waals surface area contributed by atoms with Crippen LogP contribution in [0.5, 0.6) is 0 Å². The lowest BCUT2D eigenvalue weighted by Gasteiger charge is -2.32. The van der Waals surface area contributed by atoms with Crippen LogP contribution in [-0.2, 0) is 10.0 Å². The maximum Gasteiger partial charge on any atom is 0.255 e. The second-order valence-corrected chi connectivity index (χ2v) is 8.80. The molecule has 0 radical (unpaired) electrons. The molecule has 1 fully saturated rings. The standard InChI is InChI=1S/C20H23FN2O3S/c1-14-9-10-17(13-19(14)21)22-20(24)16-7-5-8-18(12-16)27(25,26)23-11-4-3-6-15(23)2/h5,7-10,12-13,15H,3-4,6,11H2,1-2H3,(H,22,24)/t15-/m0/s1. The van der Waals surface area contributed by atoms with Crippen LogP contribution in [0.2, 0.25) is 0 Å². The molecule has 5 nitrogen and oxygen atoms in total. The molecule has 1 atom stereocenters. The van der Waals surface area contributed by atoms with Crippen molar-refractivity contribution in [3.63, 3.8) is 0 Å². The average molecular weight is 390 g/mol. The Labute approximate surface area is 159 Å². The molecule has 3 rings (SSSR count). The minimum atomic E-state index is -3.66. The van der Waals surface area contributed by atoms with Gasteiger partial charge in [0, 0.05) is 23.8 Å². The Morgan fingerprint density at radius 3 is 2.67 bits per heavy atom. The van der Waals surface area contributed by atoms with Crippen LogP contribution in [0.15, 0.2) is 47.4 Å². The van der Waals surface area contributed by atoms with Crippen LogP contribution in [0.25, 0.3) is 0 Å². The van der Waals surface area contributed by atoms with Crippen molar-refractivity contribution in [2.24, 2.45) is 0 Å². The van der Waals surface area contributed by atoms with Crippen molar-refractivity contribution in [3.05, 3.63) is 59.4 Å². The molecule has 144 valence electrons. The molecule has 1 aliphatic heterocycles. The van der Waals surface area contributed by atoms with Crippen LogP contribution in [0, 0.1) is 12.7 Å². The number of nitrogens with one attached hydrogen (secondary N) is 1. The quantitative estimate of drug-likeness (QED) is 0.860. The maximum atomic E-state index is 13.7. The Kier molecular flexibility index (Phi) is 5.62. The van der Waals surface area contributed by atoms with E-state index in [0.717, 1.165) is 19.3 Å². The number of aryl methyl sites for hydroxylation is 1. The van der Waals surface area contributed by atoms with Gasteiger partial charge in [-0.3, -0.25) is 4.79 Å². The number of hydrogen-bond donors (Lipinski definition) is 1. The summed E-state index contributed by atoms with van der Waals surface area (Å²) in [5.74, 6) is -0.898. The third-order valence-corrected chi connectivity index (χ3v) is 6.88. The van der Waals surface area contributed by atoms with Crippen molar-refractivity contribution in [2.75, 3.05) is 11.9 Å². The molecule has 1 saturated heterocycles. The Hall–Kier alpha value is -2.25. The van der Waals surface area contributed by atoms with Crippen molar-refractivity contribution < 1.29 is 17.6 Å². The molecule has 2 aromatic rings. The van der Waals surface area contributed by atoms with E-state index < -0.39 is 21.7 Å². The number of carbonyl (C=O) groups is 1. The van der Waals surface area contributed by atoms with Crippen LogP contribution >= 0.6 is 0 Å². The molecular weight excluding hydrogens is 367 g/mol. The van der Waals surface area contributed by atoms with Gasteiger partial charge in [0.05, 0.1) is 4.90 Å². The van der Waals surface area contributed by atoms with E-state index in [4.69, 9.17) is 0 Å². The van der Waals surface area contributed by atoms with Gasteiger partial charge in [-0.25, -0.2) is 12.8 Å². The zero-order chi connectivity index (χ0) is 19.6. The zero-order valence-electron chi connectivity index (χ0n) is 15.4. The second-order valence-electron chi connectivity index (χ2n) is 6.91. The molecule has 27 heavy (non-hydrogen) atoms. The molecule has 1 heterocycles. The number of nitrogens with zero attached hydrogens (tertiary/aromatic N) is 1. The Morgan fingerprint density at radius 2 is 1.96 bits per heavy atom. The summed E-state index contributed by atoms with van der Waals surface area (Å²) in [7, 11) is -3.66. The zero-order valence-corrected chi connectivity index (χ0v) is 16.2. The van der Waals surface area contributed by atoms with E-state index in [9.17, 15) is 17.6 Å². The van der Waals surface area contributed by atoms with Gasteiger partial charge in [-0.15, -0.1) is 0 Å². The molecule has 1 amide bonds. The Balaban J connectivity index is 1.84. The summed E-state index contributed by atoms with van der Waals surface area (Å²) in [4.78, 5) is 12.6. The van der Waals surface area contributed by atoms with Crippen molar-refractivity contribution in [1.82, 2.24) is 4.31 Å². The lowest BCUT2D eigenvalue weighted by atomic mass is 10.1. The van der Waals surface area contributed by atoms with E-state index in [-0.39, 0.29) is 16.5 Å². The fourth-order valence-electron chi connectivity index (χ4n) is 3.24. The molecule has 0 spiro atoms. The highest BCUT2D eigenvalue weighted by Crippen LogP contribution is 2.26. The van der Waals surface area contributed by atoms with Crippen molar-refractivity contribution in [1.29, 1.82) is 0 Å². The summed E-state index contributed by atoms with van der Waals surface area (Å²) in [5, 5.41) is 2.61. The monoisotopic (exact) mass is 390 g/mol. The fraction of sp³-hybridized carbons (Fsp3) is 0.350. The number of hydrogen-bond acceptors (Lipinski definition) is 3. The Morgan fingerprint density at radius 1 is 1.19 bits per heavy atom. The molecule has 0 unspecified atom stereocenters. The number of carbonyl (C=O) groups excluding carboxylic acids is 1. The van der Waals surface area contributed by atoms with E-state index in [0.29, 0.717) is 17.8 Å². The second kappa shape index (κ2) is 7.78. The average Bonchev–Trinajstić information content (AvgIpc) is 2.65. The SMILES string of the molecule is Cc1ccc(NC(=O)c2cccc(S(=O)(=O)N3CCCC[C@@H]3C)c2)cc1F. The third kappa shape index (κ3) is 4.20. The molecule has 7 heteroatoms. The van der Waals surface area contributed by atoms with Crippen molar-refractivity contribution in [3.8, 4) is 0 Å². The number of rotatable bonds is 4. The number of amides is 1. The van der Waals surface area contributed by atoms with Crippen molar-refractivity contribution >= 4 is 21.6 Å². The maximum absolute atomic E-state index is 13.7. The summed E-state index contributed by atoms with van der Waals surface area (Å²) in [5.41, 5.74) is 1.01. The van der Waals surface area contributed by atoms with E-state index in [2.05, 4.69) is 5.32 Å². The molecule has 0 bridgehead atoms. The topological polar surface area (TPSA) is 66.5 Å². The van der Waals surface area contributed by atoms with E-state index in [1.807, 2.05) is 6.92 Å². The largest absolute Gasteiger partial charge is 0.322 e. The highest BCUT2D eigenvalue weighted by molar-refractivity contribution is 7.89. The lowest BCUT2D eigenvalue weighted by Crippen LogP contribution is -2.41. The summed E-state index contributed by atoms with van der Waals surface area (Å²) < 4.78 is 41.1. The molecule has 0 saturated carbocycles. The summed E-state index contributed by atoms with van der Waals surface area (Å²) in [6.45, 7) is 4.03.